The normalized spacial score (nSPS) is 12.4. The number of nitrogens with zero attached hydrogens (tertiary/aromatic N) is 4. The van der Waals surface area contributed by atoms with E-state index in [0.717, 1.165) is 30.5 Å². The number of hydrogen-bond acceptors (Lipinski definition) is 8. The molecule has 1 N–H and O–H groups in total. The number of thioether (sulfide) groups is 1. The molecular weight excluding hydrogens is 430 g/mol. The maximum atomic E-state index is 12.5. The number of ether oxygens (including phenoxy) is 3. The number of hydrogen-bond donors (Lipinski definition) is 1. The monoisotopic (exact) mass is 455 g/mol. The molecule has 0 saturated heterocycles. The summed E-state index contributed by atoms with van der Waals surface area (Å²) in [5.74, 6) is 2.84. The molecule has 9 nitrogen and oxygen atoms in total. The van der Waals surface area contributed by atoms with Gasteiger partial charge in [0.15, 0.2) is 5.16 Å². The number of amides is 1. The summed E-state index contributed by atoms with van der Waals surface area (Å²) in [6.07, 6.45) is 0. The van der Waals surface area contributed by atoms with Crippen LogP contribution >= 0.6 is 11.8 Å². The second-order valence-electron chi connectivity index (χ2n) is 6.92. The van der Waals surface area contributed by atoms with Crippen LogP contribution in [0.4, 0.5) is 17.3 Å². The zero-order valence-corrected chi connectivity index (χ0v) is 19.0. The van der Waals surface area contributed by atoms with E-state index in [2.05, 4.69) is 20.4 Å². The van der Waals surface area contributed by atoms with Crippen molar-refractivity contribution in [1.82, 2.24) is 14.8 Å². The number of nitrogens with one attached hydrogen (secondary N) is 1. The fourth-order valence-electron chi connectivity index (χ4n) is 3.44. The van der Waals surface area contributed by atoms with Crippen LogP contribution in [0.2, 0.25) is 0 Å². The van der Waals surface area contributed by atoms with Gasteiger partial charge in [0.2, 0.25) is 11.9 Å². The molecule has 0 aliphatic carbocycles. The van der Waals surface area contributed by atoms with Crippen molar-refractivity contribution in [3.63, 3.8) is 0 Å². The van der Waals surface area contributed by atoms with Crippen LogP contribution in [0.3, 0.4) is 0 Å². The number of fused-ring (bicyclic) bond motifs is 1. The lowest BCUT2D eigenvalue weighted by Crippen LogP contribution is -2.15. The van der Waals surface area contributed by atoms with Crippen LogP contribution in [-0.4, -0.2) is 53.8 Å². The Morgan fingerprint density at radius 1 is 1.06 bits per heavy atom. The third-order valence-electron chi connectivity index (χ3n) is 4.96. The molecule has 0 spiro atoms. The van der Waals surface area contributed by atoms with E-state index in [1.54, 1.807) is 32.4 Å². The zero-order chi connectivity index (χ0) is 22.5. The van der Waals surface area contributed by atoms with Gasteiger partial charge < -0.3 is 24.4 Å². The van der Waals surface area contributed by atoms with Crippen LogP contribution in [-0.2, 0) is 11.3 Å². The molecule has 4 rings (SSSR count). The summed E-state index contributed by atoms with van der Waals surface area (Å²) in [5.41, 5.74) is 1.59. The van der Waals surface area contributed by atoms with Crippen LogP contribution in [0.5, 0.6) is 17.2 Å². The van der Waals surface area contributed by atoms with E-state index in [9.17, 15) is 4.79 Å². The van der Waals surface area contributed by atoms with Crippen molar-refractivity contribution in [2.75, 3.05) is 43.3 Å². The summed E-state index contributed by atoms with van der Waals surface area (Å²) in [5, 5.41) is 12.2. The van der Waals surface area contributed by atoms with Crippen LogP contribution in [0.1, 0.15) is 6.92 Å². The average Bonchev–Trinajstić information content (AvgIpc) is 3.41. The molecule has 32 heavy (non-hydrogen) atoms. The van der Waals surface area contributed by atoms with E-state index in [0.29, 0.717) is 28.9 Å². The quantitative estimate of drug-likeness (QED) is 0.490. The standard InChI is InChI=1S/C22H25N5O4S/c1-4-31-16-7-5-15(6-8-16)26-11-12-27-21(26)24-25-22(27)32-14-20(28)23-18-13-17(29-2)9-10-19(18)30-3/h5-10,13H,4,11-12,14H2,1-3H3,(H,23,28). The largest absolute Gasteiger partial charge is 0.497 e. The molecule has 0 fully saturated rings. The van der Waals surface area contributed by atoms with Gasteiger partial charge in [-0.2, -0.15) is 0 Å². The molecule has 0 radical (unpaired) electrons. The Morgan fingerprint density at radius 2 is 1.84 bits per heavy atom. The van der Waals surface area contributed by atoms with Gasteiger partial charge in [-0.25, -0.2) is 0 Å². The topological polar surface area (TPSA) is 90.7 Å². The number of anilines is 3. The number of benzene rings is 2. The molecule has 2 aromatic carbocycles. The summed E-state index contributed by atoms with van der Waals surface area (Å²) in [7, 11) is 3.13. The fourth-order valence-corrected chi connectivity index (χ4v) is 4.20. The Labute approximate surface area is 190 Å². The van der Waals surface area contributed by atoms with E-state index in [1.165, 1.54) is 11.8 Å². The average molecular weight is 456 g/mol. The molecule has 0 bridgehead atoms. The highest BCUT2D eigenvalue weighted by molar-refractivity contribution is 7.99. The second-order valence-corrected chi connectivity index (χ2v) is 7.86. The summed E-state index contributed by atoms with van der Waals surface area (Å²) in [4.78, 5) is 14.6. The molecular formula is C22H25N5O4S. The number of carbonyl (C=O) groups is 1. The van der Waals surface area contributed by atoms with E-state index in [4.69, 9.17) is 14.2 Å². The van der Waals surface area contributed by atoms with Crippen molar-refractivity contribution in [1.29, 1.82) is 0 Å². The highest BCUT2D eigenvalue weighted by Crippen LogP contribution is 2.33. The van der Waals surface area contributed by atoms with Gasteiger partial charge in [-0.05, 0) is 43.3 Å². The van der Waals surface area contributed by atoms with E-state index in [-0.39, 0.29) is 11.7 Å². The van der Waals surface area contributed by atoms with Gasteiger partial charge in [-0.15, -0.1) is 10.2 Å². The lowest BCUT2D eigenvalue weighted by molar-refractivity contribution is -0.113. The van der Waals surface area contributed by atoms with Gasteiger partial charge in [0.1, 0.15) is 17.2 Å². The lowest BCUT2D eigenvalue weighted by atomic mass is 10.2. The molecule has 0 saturated carbocycles. The molecule has 10 heteroatoms. The molecule has 3 aromatic rings. The number of aromatic nitrogens is 3. The molecule has 1 amide bonds. The molecule has 168 valence electrons. The van der Waals surface area contributed by atoms with Crippen molar-refractivity contribution in [3.8, 4) is 17.2 Å². The van der Waals surface area contributed by atoms with Gasteiger partial charge in [-0.3, -0.25) is 9.36 Å². The van der Waals surface area contributed by atoms with Gasteiger partial charge in [0.25, 0.3) is 0 Å². The molecule has 1 aromatic heterocycles. The van der Waals surface area contributed by atoms with Gasteiger partial charge in [0, 0.05) is 24.8 Å². The van der Waals surface area contributed by atoms with Crippen LogP contribution in [0.25, 0.3) is 0 Å². The third-order valence-corrected chi connectivity index (χ3v) is 5.93. The van der Waals surface area contributed by atoms with Crippen molar-refractivity contribution < 1.29 is 19.0 Å². The SMILES string of the molecule is CCOc1ccc(N2CCn3c(SCC(=O)Nc4cc(OC)ccc4OC)nnc32)cc1. The predicted octanol–water partition coefficient (Wildman–Crippen LogP) is 3.58. The summed E-state index contributed by atoms with van der Waals surface area (Å²) >= 11 is 1.35. The van der Waals surface area contributed by atoms with Crippen LogP contribution in [0.15, 0.2) is 47.6 Å². The molecule has 0 unspecified atom stereocenters. The zero-order valence-electron chi connectivity index (χ0n) is 18.2. The summed E-state index contributed by atoms with van der Waals surface area (Å²) in [6, 6.07) is 13.2. The first kappa shape index (κ1) is 21.8. The number of methoxy groups -OCH3 is 2. The molecule has 1 aliphatic rings. The first-order valence-corrected chi connectivity index (χ1v) is 11.2. The first-order chi connectivity index (χ1) is 15.6. The first-order valence-electron chi connectivity index (χ1n) is 10.2. The summed E-state index contributed by atoms with van der Waals surface area (Å²) < 4.78 is 18.1. The van der Waals surface area contributed by atoms with Crippen LogP contribution < -0.4 is 24.4 Å². The van der Waals surface area contributed by atoms with E-state index in [1.807, 2.05) is 35.8 Å². The minimum atomic E-state index is -0.166. The maximum Gasteiger partial charge on any atom is 0.234 e. The Balaban J connectivity index is 1.40. The van der Waals surface area contributed by atoms with Crippen molar-refractivity contribution >= 4 is 35.0 Å². The maximum absolute atomic E-state index is 12.5. The fraction of sp³-hybridized carbons (Fsp3) is 0.318. The van der Waals surface area contributed by atoms with Crippen LogP contribution in [0, 0.1) is 0 Å². The van der Waals surface area contributed by atoms with E-state index >= 15 is 0 Å². The van der Waals surface area contributed by atoms with Crippen molar-refractivity contribution in [3.05, 3.63) is 42.5 Å². The smallest absolute Gasteiger partial charge is 0.234 e. The Kier molecular flexibility index (Phi) is 6.69. The van der Waals surface area contributed by atoms with Gasteiger partial charge in [-0.1, -0.05) is 11.8 Å². The van der Waals surface area contributed by atoms with Crippen molar-refractivity contribution in [2.24, 2.45) is 0 Å². The Bertz CT molecular complexity index is 1090. The second kappa shape index (κ2) is 9.82. The van der Waals surface area contributed by atoms with Gasteiger partial charge >= 0.3 is 0 Å². The highest BCUT2D eigenvalue weighted by Gasteiger charge is 2.26. The number of carbonyl (C=O) groups excluding carboxylic acids is 1. The number of rotatable bonds is 9. The van der Waals surface area contributed by atoms with Crippen molar-refractivity contribution in [2.45, 2.75) is 18.6 Å². The lowest BCUT2D eigenvalue weighted by Gasteiger charge is -2.15. The van der Waals surface area contributed by atoms with Gasteiger partial charge in [0.05, 0.1) is 32.3 Å². The minimum Gasteiger partial charge on any atom is -0.497 e. The molecule has 2 heterocycles. The summed E-state index contributed by atoms with van der Waals surface area (Å²) in [6.45, 7) is 4.14. The highest BCUT2D eigenvalue weighted by atomic mass is 32.2. The third kappa shape index (κ3) is 4.59. The minimum absolute atomic E-state index is 0.166. The predicted molar refractivity (Wildman–Crippen MR) is 124 cm³/mol. The van der Waals surface area contributed by atoms with E-state index < -0.39 is 0 Å². The Hall–Kier alpha value is -3.40. The Morgan fingerprint density at radius 3 is 2.56 bits per heavy atom. The molecule has 0 atom stereocenters. The molecule has 1 aliphatic heterocycles.